The molecule has 100 valence electrons. The normalized spacial score (nSPS) is 20.3. The number of benzene rings is 1. The molecule has 1 aromatic rings. The molecule has 1 atom stereocenters. The zero-order valence-corrected chi connectivity index (χ0v) is 12.5. The van der Waals surface area contributed by atoms with Crippen LogP contribution in [0.1, 0.15) is 37.3 Å². The van der Waals surface area contributed by atoms with Crippen molar-refractivity contribution in [2.45, 2.75) is 31.7 Å². The van der Waals surface area contributed by atoms with E-state index in [1.807, 2.05) is 0 Å². The molecule has 1 heterocycles. The van der Waals surface area contributed by atoms with Crippen LogP contribution in [0.5, 0.6) is 11.5 Å². The summed E-state index contributed by atoms with van der Waals surface area (Å²) in [6, 6.07) is 4.63. The highest BCUT2D eigenvalue weighted by molar-refractivity contribution is 9.10. The molecular weight excluding hydrogens is 294 g/mol. The Morgan fingerprint density at radius 1 is 1.17 bits per heavy atom. The Morgan fingerprint density at radius 3 is 2.72 bits per heavy atom. The zero-order valence-electron chi connectivity index (χ0n) is 11.0. The summed E-state index contributed by atoms with van der Waals surface area (Å²) < 4.78 is 11.7. The van der Waals surface area contributed by atoms with Crippen molar-refractivity contribution in [2.75, 3.05) is 20.8 Å². The molecule has 0 aliphatic carbocycles. The highest BCUT2D eigenvalue weighted by Crippen LogP contribution is 2.38. The van der Waals surface area contributed by atoms with E-state index in [-0.39, 0.29) is 0 Å². The van der Waals surface area contributed by atoms with Gasteiger partial charge in [0.1, 0.15) is 0 Å². The molecule has 0 radical (unpaired) electrons. The number of methoxy groups -OCH3 is 2. The lowest BCUT2D eigenvalue weighted by Gasteiger charge is -2.19. The summed E-state index contributed by atoms with van der Waals surface area (Å²) in [6.07, 6.45) is 5.05. The van der Waals surface area contributed by atoms with Gasteiger partial charge < -0.3 is 14.8 Å². The summed E-state index contributed by atoms with van der Waals surface area (Å²) in [4.78, 5) is 0. The molecule has 4 heteroatoms. The molecular formula is C14H20BrNO2. The van der Waals surface area contributed by atoms with Gasteiger partial charge in [0.05, 0.1) is 18.7 Å². The summed E-state index contributed by atoms with van der Waals surface area (Å²) in [7, 11) is 3.33. The Morgan fingerprint density at radius 2 is 2.00 bits per heavy atom. The van der Waals surface area contributed by atoms with Gasteiger partial charge in [-0.15, -0.1) is 0 Å². The van der Waals surface area contributed by atoms with E-state index >= 15 is 0 Å². The second-order valence-corrected chi connectivity index (χ2v) is 5.45. The van der Waals surface area contributed by atoms with Gasteiger partial charge in [0.2, 0.25) is 0 Å². The number of hydrogen-bond acceptors (Lipinski definition) is 3. The lowest BCUT2D eigenvalue weighted by molar-refractivity contribution is 0.352. The van der Waals surface area contributed by atoms with Crippen molar-refractivity contribution in [1.82, 2.24) is 5.32 Å². The third-order valence-electron chi connectivity index (χ3n) is 3.42. The van der Waals surface area contributed by atoms with Crippen LogP contribution in [0.4, 0.5) is 0 Å². The van der Waals surface area contributed by atoms with Crippen LogP contribution in [0.15, 0.2) is 16.6 Å². The molecule has 0 bridgehead atoms. The molecule has 1 unspecified atom stereocenters. The van der Waals surface area contributed by atoms with E-state index in [2.05, 4.69) is 33.4 Å². The average Bonchev–Trinajstić information content (AvgIpc) is 2.66. The second kappa shape index (κ2) is 6.43. The Kier molecular flexibility index (Phi) is 4.89. The first-order valence-corrected chi connectivity index (χ1v) is 7.20. The van der Waals surface area contributed by atoms with Gasteiger partial charge in [-0.05, 0) is 53.0 Å². The number of hydrogen-bond donors (Lipinski definition) is 1. The Balaban J connectivity index is 2.29. The molecule has 1 aliphatic heterocycles. The van der Waals surface area contributed by atoms with Gasteiger partial charge in [-0.2, -0.15) is 0 Å². The van der Waals surface area contributed by atoms with E-state index in [1.54, 1.807) is 14.2 Å². The van der Waals surface area contributed by atoms with Crippen molar-refractivity contribution in [3.8, 4) is 11.5 Å². The maximum absolute atomic E-state index is 5.40. The van der Waals surface area contributed by atoms with Crippen LogP contribution in [0.2, 0.25) is 0 Å². The monoisotopic (exact) mass is 313 g/mol. The maximum atomic E-state index is 5.40. The molecule has 0 amide bonds. The minimum absolute atomic E-state index is 0.420. The number of rotatable bonds is 3. The maximum Gasteiger partial charge on any atom is 0.174 e. The van der Waals surface area contributed by atoms with E-state index in [1.165, 1.54) is 31.2 Å². The minimum Gasteiger partial charge on any atom is -0.493 e. The Labute approximate surface area is 117 Å². The number of ether oxygens (including phenoxy) is 2. The van der Waals surface area contributed by atoms with E-state index < -0.39 is 0 Å². The van der Waals surface area contributed by atoms with Gasteiger partial charge in [0.25, 0.3) is 0 Å². The van der Waals surface area contributed by atoms with Crippen molar-refractivity contribution in [3.05, 3.63) is 22.2 Å². The van der Waals surface area contributed by atoms with Crippen LogP contribution in [0.3, 0.4) is 0 Å². The molecule has 1 saturated heterocycles. The van der Waals surface area contributed by atoms with Crippen LogP contribution in [0.25, 0.3) is 0 Å². The average molecular weight is 314 g/mol. The van der Waals surface area contributed by atoms with Crippen molar-refractivity contribution in [1.29, 1.82) is 0 Å². The first-order valence-electron chi connectivity index (χ1n) is 6.41. The van der Waals surface area contributed by atoms with E-state index in [4.69, 9.17) is 9.47 Å². The molecule has 18 heavy (non-hydrogen) atoms. The van der Waals surface area contributed by atoms with Gasteiger partial charge in [-0.3, -0.25) is 0 Å². The lowest BCUT2D eigenvalue weighted by Crippen LogP contribution is -2.20. The van der Waals surface area contributed by atoms with Gasteiger partial charge in [-0.1, -0.05) is 12.8 Å². The van der Waals surface area contributed by atoms with Crippen LogP contribution in [-0.4, -0.2) is 20.8 Å². The highest BCUT2D eigenvalue weighted by Gasteiger charge is 2.18. The SMILES string of the molecule is COc1cc(C2CCCCCN2)cc(Br)c1OC. The van der Waals surface area contributed by atoms with Gasteiger partial charge in [0.15, 0.2) is 11.5 Å². The predicted molar refractivity (Wildman–Crippen MR) is 76.5 cm³/mol. The third-order valence-corrected chi connectivity index (χ3v) is 4.01. The number of halogens is 1. The largest absolute Gasteiger partial charge is 0.493 e. The van der Waals surface area contributed by atoms with Crippen LogP contribution < -0.4 is 14.8 Å². The smallest absolute Gasteiger partial charge is 0.174 e. The molecule has 1 aromatic carbocycles. The van der Waals surface area contributed by atoms with E-state index in [0.717, 1.165) is 22.5 Å². The number of nitrogens with one attached hydrogen (secondary N) is 1. The summed E-state index contributed by atoms with van der Waals surface area (Å²) >= 11 is 3.55. The zero-order chi connectivity index (χ0) is 13.0. The molecule has 1 N–H and O–H groups in total. The fourth-order valence-corrected chi connectivity index (χ4v) is 3.07. The molecule has 0 spiro atoms. The van der Waals surface area contributed by atoms with Crippen molar-refractivity contribution < 1.29 is 9.47 Å². The minimum atomic E-state index is 0.420. The van der Waals surface area contributed by atoms with Gasteiger partial charge in [0, 0.05) is 6.04 Å². The molecule has 3 nitrogen and oxygen atoms in total. The standard InChI is InChI=1S/C14H20BrNO2/c1-17-13-9-10(8-11(15)14(13)18-2)12-6-4-3-5-7-16-12/h8-9,12,16H,3-7H2,1-2H3. The van der Waals surface area contributed by atoms with E-state index in [0.29, 0.717) is 6.04 Å². The van der Waals surface area contributed by atoms with Gasteiger partial charge in [-0.25, -0.2) is 0 Å². The van der Waals surface area contributed by atoms with Crippen molar-refractivity contribution >= 4 is 15.9 Å². The predicted octanol–water partition coefficient (Wildman–Crippen LogP) is 3.67. The van der Waals surface area contributed by atoms with Crippen molar-refractivity contribution in [2.24, 2.45) is 0 Å². The fraction of sp³-hybridized carbons (Fsp3) is 0.571. The van der Waals surface area contributed by atoms with Crippen LogP contribution in [0, 0.1) is 0 Å². The summed E-state index contributed by atoms with van der Waals surface area (Å²) in [5.41, 5.74) is 1.27. The second-order valence-electron chi connectivity index (χ2n) is 4.59. The molecule has 1 fully saturated rings. The van der Waals surface area contributed by atoms with Crippen LogP contribution in [-0.2, 0) is 0 Å². The molecule has 0 aromatic heterocycles. The van der Waals surface area contributed by atoms with Gasteiger partial charge >= 0.3 is 0 Å². The van der Waals surface area contributed by atoms with E-state index in [9.17, 15) is 0 Å². The first kappa shape index (κ1) is 13.7. The van der Waals surface area contributed by atoms with Crippen LogP contribution >= 0.6 is 15.9 Å². The van der Waals surface area contributed by atoms with Crippen molar-refractivity contribution in [3.63, 3.8) is 0 Å². The molecule has 2 rings (SSSR count). The Hall–Kier alpha value is -0.740. The fourth-order valence-electron chi connectivity index (χ4n) is 2.45. The first-order chi connectivity index (χ1) is 8.76. The quantitative estimate of drug-likeness (QED) is 0.923. The third kappa shape index (κ3) is 2.98. The highest BCUT2D eigenvalue weighted by atomic mass is 79.9. The summed E-state index contributed by atoms with van der Waals surface area (Å²) in [6.45, 7) is 1.09. The Bertz CT molecular complexity index is 401. The molecule has 0 saturated carbocycles. The molecule has 1 aliphatic rings. The topological polar surface area (TPSA) is 30.5 Å². The lowest BCUT2D eigenvalue weighted by atomic mass is 10.0. The summed E-state index contributed by atoms with van der Waals surface area (Å²) in [5, 5.41) is 3.60. The summed E-state index contributed by atoms with van der Waals surface area (Å²) in [5.74, 6) is 1.54.